The predicted octanol–water partition coefficient (Wildman–Crippen LogP) is 2.45. The van der Waals surface area contributed by atoms with Gasteiger partial charge in [-0.3, -0.25) is 9.59 Å². The predicted molar refractivity (Wildman–Crippen MR) is 83.9 cm³/mol. The van der Waals surface area contributed by atoms with Crippen molar-refractivity contribution in [1.29, 1.82) is 0 Å². The summed E-state index contributed by atoms with van der Waals surface area (Å²) in [6.07, 6.45) is 0.858. The highest BCUT2D eigenvalue weighted by molar-refractivity contribution is 5.92. The van der Waals surface area contributed by atoms with Gasteiger partial charge in [-0.1, -0.05) is 6.92 Å². The minimum atomic E-state index is -0.525. The van der Waals surface area contributed by atoms with E-state index in [0.29, 0.717) is 28.1 Å². The Labute approximate surface area is 132 Å². The smallest absolute Gasteiger partial charge is 0.336 e. The Morgan fingerprint density at radius 2 is 2.09 bits per heavy atom. The van der Waals surface area contributed by atoms with Crippen LogP contribution in [0.4, 0.5) is 5.69 Å². The van der Waals surface area contributed by atoms with E-state index in [1.807, 2.05) is 6.92 Å². The number of ether oxygens (including phenoxy) is 1. The van der Waals surface area contributed by atoms with Crippen LogP contribution in [0.1, 0.15) is 25.8 Å². The van der Waals surface area contributed by atoms with Crippen LogP contribution in [0.3, 0.4) is 0 Å². The molecule has 1 aromatic carbocycles. The number of carbonyl (C=O) groups excluding carboxylic acids is 2. The fraction of sp³-hybridized carbons (Fsp3) is 0.353. The molecule has 1 aromatic heterocycles. The summed E-state index contributed by atoms with van der Waals surface area (Å²) < 4.78 is 10.5. The summed E-state index contributed by atoms with van der Waals surface area (Å²) in [4.78, 5) is 34.6. The average Bonchev–Trinajstić information content (AvgIpc) is 3.20. The Kier molecular flexibility index (Phi) is 3.90. The molecule has 1 heterocycles. The number of esters is 1. The third kappa shape index (κ3) is 3.41. The van der Waals surface area contributed by atoms with Gasteiger partial charge >= 0.3 is 11.6 Å². The highest BCUT2D eigenvalue weighted by Crippen LogP contribution is 2.38. The van der Waals surface area contributed by atoms with Crippen LogP contribution in [0, 0.1) is 11.8 Å². The molecule has 1 aliphatic carbocycles. The Morgan fingerprint density at radius 1 is 1.35 bits per heavy atom. The fourth-order valence-electron chi connectivity index (χ4n) is 2.54. The van der Waals surface area contributed by atoms with Crippen molar-refractivity contribution < 1.29 is 18.7 Å². The molecule has 1 aliphatic rings. The largest absolute Gasteiger partial charge is 0.461 e. The first kappa shape index (κ1) is 15.3. The molecule has 0 saturated heterocycles. The van der Waals surface area contributed by atoms with Gasteiger partial charge in [0.25, 0.3) is 0 Å². The molecule has 0 unspecified atom stereocenters. The van der Waals surface area contributed by atoms with Gasteiger partial charge in [0.1, 0.15) is 12.2 Å². The molecule has 23 heavy (non-hydrogen) atoms. The van der Waals surface area contributed by atoms with Gasteiger partial charge in [-0.25, -0.2) is 4.79 Å². The Morgan fingerprint density at radius 3 is 2.74 bits per heavy atom. The van der Waals surface area contributed by atoms with E-state index in [9.17, 15) is 14.4 Å². The molecule has 0 spiro atoms. The number of carbonyl (C=O) groups is 2. The van der Waals surface area contributed by atoms with Crippen LogP contribution in [0.5, 0.6) is 0 Å². The third-order valence-corrected chi connectivity index (χ3v) is 3.93. The van der Waals surface area contributed by atoms with Crippen molar-refractivity contribution in [3.63, 3.8) is 0 Å². The van der Waals surface area contributed by atoms with Crippen molar-refractivity contribution in [1.82, 2.24) is 0 Å². The quantitative estimate of drug-likeness (QED) is 0.692. The molecule has 1 N–H and O–H groups in total. The molecule has 2 atom stereocenters. The van der Waals surface area contributed by atoms with Crippen LogP contribution in [-0.2, 0) is 20.9 Å². The zero-order valence-electron chi connectivity index (χ0n) is 12.9. The summed E-state index contributed by atoms with van der Waals surface area (Å²) in [5.41, 5.74) is 0.944. The molecular weight excluding hydrogens is 298 g/mol. The van der Waals surface area contributed by atoms with Gasteiger partial charge in [0.05, 0.1) is 5.92 Å². The van der Waals surface area contributed by atoms with Crippen LogP contribution >= 0.6 is 0 Å². The second-order valence-electron chi connectivity index (χ2n) is 5.91. The van der Waals surface area contributed by atoms with Crippen molar-refractivity contribution in [3.8, 4) is 0 Å². The molecule has 1 saturated carbocycles. The minimum Gasteiger partial charge on any atom is -0.461 e. The first-order valence-electron chi connectivity index (χ1n) is 7.45. The van der Waals surface area contributed by atoms with E-state index in [1.165, 1.54) is 13.0 Å². The molecule has 1 amide bonds. The lowest BCUT2D eigenvalue weighted by atomic mass is 10.1. The lowest BCUT2D eigenvalue weighted by Crippen LogP contribution is -2.10. The maximum absolute atomic E-state index is 11.8. The van der Waals surface area contributed by atoms with Crippen LogP contribution in [0.15, 0.2) is 33.5 Å². The Balaban J connectivity index is 1.85. The van der Waals surface area contributed by atoms with Crippen molar-refractivity contribution in [2.75, 3.05) is 5.32 Å². The monoisotopic (exact) mass is 315 g/mol. The molecule has 0 radical (unpaired) electrons. The molecular formula is C17H17NO5. The van der Waals surface area contributed by atoms with E-state index < -0.39 is 5.63 Å². The zero-order chi connectivity index (χ0) is 16.6. The van der Waals surface area contributed by atoms with E-state index in [1.54, 1.807) is 18.2 Å². The normalized spacial score (nSPS) is 19.4. The van der Waals surface area contributed by atoms with Crippen molar-refractivity contribution in [3.05, 3.63) is 40.2 Å². The summed E-state index contributed by atoms with van der Waals surface area (Å²) in [6, 6.07) is 6.33. The van der Waals surface area contributed by atoms with E-state index in [2.05, 4.69) is 5.32 Å². The first-order chi connectivity index (χ1) is 10.9. The molecule has 120 valence electrons. The number of amides is 1. The number of nitrogens with one attached hydrogen (secondary N) is 1. The molecule has 0 aliphatic heterocycles. The highest BCUT2D eigenvalue weighted by Gasteiger charge is 2.40. The van der Waals surface area contributed by atoms with Crippen LogP contribution in [0.25, 0.3) is 11.0 Å². The standard InChI is InChI=1S/C17H17NO5/c1-9-5-14(9)17(21)22-8-11-6-16(20)23-15-7-12(18-10(2)19)3-4-13(11)15/h3-4,6-7,9,14H,5,8H2,1-2H3,(H,18,19)/t9-,14+/m0/s1. The van der Waals surface area contributed by atoms with Gasteiger partial charge in [-0.15, -0.1) is 0 Å². The van der Waals surface area contributed by atoms with Crippen molar-refractivity contribution in [2.45, 2.75) is 26.9 Å². The average molecular weight is 315 g/mol. The fourth-order valence-corrected chi connectivity index (χ4v) is 2.54. The number of benzene rings is 1. The molecule has 3 rings (SSSR count). The first-order valence-corrected chi connectivity index (χ1v) is 7.45. The van der Waals surface area contributed by atoms with E-state index in [4.69, 9.17) is 9.15 Å². The summed E-state index contributed by atoms with van der Waals surface area (Å²) in [5.74, 6) is -0.0860. The van der Waals surface area contributed by atoms with Gasteiger partial charge in [0.15, 0.2) is 0 Å². The van der Waals surface area contributed by atoms with Crippen LogP contribution < -0.4 is 10.9 Å². The topological polar surface area (TPSA) is 85.6 Å². The summed E-state index contributed by atoms with van der Waals surface area (Å²) in [7, 11) is 0. The van der Waals surface area contributed by atoms with Crippen LogP contribution in [-0.4, -0.2) is 11.9 Å². The molecule has 2 aromatic rings. The lowest BCUT2D eigenvalue weighted by Gasteiger charge is -2.08. The van der Waals surface area contributed by atoms with E-state index >= 15 is 0 Å². The van der Waals surface area contributed by atoms with Gasteiger partial charge in [0, 0.05) is 35.7 Å². The third-order valence-electron chi connectivity index (χ3n) is 3.93. The van der Waals surface area contributed by atoms with Gasteiger partial charge in [-0.05, 0) is 24.5 Å². The molecule has 0 bridgehead atoms. The van der Waals surface area contributed by atoms with Gasteiger partial charge < -0.3 is 14.5 Å². The number of anilines is 1. The number of hydrogen-bond acceptors (Lipinski definition) is 5. The Hall–Kier alpha value is -2.63. The second kappa shape index (κ2) is 5.87. The lowest BCUT2D eigenvalue weighted by molar-refractivity contribution is -0.146. The molecule has 1 fully saturated rings. The Bertz CT molecular complexity index is 838. The van der Waals surface area contributed by atoms with E-state index in [0.717, 1.165) is 6.42 Å². The summed E-state index contributed by atoms with van der Waals surface area (Å²) >= 11 is 0. The maximum Gasteiger partial charge on any atom is 0.336 e. The molecule has 6 heteroatoms. The summed E-state index contributed by atoms with van der Waals surface area (Å²) in [6.45, 7) is 3.43. The zero-order valence-corrected chi connectivity index (χ0v) is 12.9. The van der Waals surface area contributed by atoms with E-state index in [-0.39, 0.29) is 24.4 Å². The summed E-state index contributed by atoms with van der Waals surface area (Å²) in [5, 5.41) is 3.30. The second-order valence-corrected chi connectivity index (χ2v) is 5.91. The van der Waals surface area contributed by atoms with Gasteiger partial charge in [-0.2, -0.15) is 0 Å². The highest BCUT2D eigenvalue weighted by atomic mass is 16.5. The number of fused-ring (bicyclic) bond motifs is 1. The van der Waals surface area contributed by atoms with Crippen molar-refractivity contribution >= 4 is 28.5 Å². The SMILES string of the molecule is CC(=O)Nc1ccc2c(COC(=O)[C@@H]3C[C@@H]3C)cc(=O)oc2c1. The number of rotatable bonds is 4. The van der Waals surface area contributed by atoms with Gasteiger partial charge in [0.2, 0.25) is 5.91 Å². The van der Waals surface area contributed by atoms with Crippen LogP contribution in [0.2, 0.25) is 0 Å². The maximum atomic E-state index is 11.8. The molecule has 6 nitrogen and oxygen atoms in total. The minimum absolute atomic E-state index is 0.0206. The number of hydrogen-bond donors (Lipinski definition) is 1. The van der Waals surface area contributed by atoms with Crippen molar-refractivity contribution in [2.24, 2.45) is 11.8 Å².